The Morgan fingerprint density at radius 2 is 1.90 bits per heavy atom. The minimum absolute atomic E-state index is 0.304. The van der Waals surface area contributed by atoms with Crippen LogP contribution in [-0.2, 0) is 0 Å². The Kier molecular flexibility index (Phi) is 5.04. The molecule has 2 N–H and O–H groups in total. The predicted octanol–water partition coefficient (Wildman–Crippen LogP) is 2.17. The normalized spacial score (nSPS) is 20.2. The first-order valence-electron chi connectivity index (χ1n) is 10.7. The van der Waals surface area contributed by atoms with Crippen LogP contribution in [0.15, 0.2) is 24.4 Å². The highest BCUT2D eigenvalue weighted by Gasteiger charge is 2.24. The molecular weight excluding hydrogens is 380 g/mol. The molecule has 1 atom stereocenters. The summed E-state index contributed by atoms with van der Waals surface area (Å²) in [5, 5.41) is 19.1. The Morgan fingerprint density at radius 1 is 1.10 bits per heavy atom. The van der Waals surface area contributed by atoms with Gasteiger partial charge in [0.1, 0.15) is 5.82 Å². The molecule has 5 rings (SSSR count). The number of methoxy groups -OCH3 is 1. The standard InChI is InChI=1S/C22H28N6O2/c1-14-9-16-12-24-28(19(16)10-18(14)15-3-6-23-7-4-15)21-11-20(25-22(26-21)30-2)27-8-5-17(29)13-27/h9-12,15,17,23,29H,3-8,13H2,1-2H3/t17-/m0/s1. The van der Waals surface area contributed by atoms with Crippen LogP contribution in [0.3, 0.4) is 0 Å². The number of β-amino-alcohol motifs (C(OH)–C–C–N with tert-alkyl or cyclic N) is 1. The zero-order valence-corrected chi connectivity index (χ0v) is 17.5. The number of anilines is 1. The number of nitrogens with one attached hydrogen (secondary N) is 1. The Bertz CT molecular complexity index is 1060. The predicted molar refractivity (Wildman–Crippen MR) is 116 cm³/mol. The molecule has 2 aliphatic heterocycles. The van der Waals surface area contributed by atoms with Crippen molar-refractivity contribution in [1.82, 2.24) is 25.1 Å². The van der Waals surface area contributed by atoms with Crippen molar-refractivity contribution in [3.05, 3.63) is 35.5 Å². The lowest BCUT2D eigenvalue weighted by molar-refractivity contribution is 0.198. The smallest absolute Gasteiger partial charge is 0.320 e. The van der Waals surface area contributed by atoms with Crippen molar-refractivity contribution in [1.29, 1.82) is 0 Å². The molecule has 3 aromatic rings. The van der Waals surface area contributed by atoms with Crippen LogP contribution in [-0.4, -0.2) is 64.2 Å². The van der Waals surface area contributed by atoms with Gasteiger partial charge >= 0.3 is 6.01 Å². The molecule has 0 unspecified atom stereocenters. The highest BCUT2D eigenvalue weighted by atomic mass is 16.5. The van der Waals surface area contributed by atoms with Gasteiger partial charge in [-0.25, -0.2) is 4.68 Å². The Labute approximate surface area is 175 Å². The van der Waals surface area contributed by atoms with Gasteiger partial charge in [0.2, 0.25) is 0 Å². The van der Waals surface area contributed by atoms with Crippen LogP contribution in [0.25, 0.3) is 16.7 Å². The van der Waals surface area contributed by atoms with E-state index in [1.54, 1.807) is 7.11 Å². The van der Waals surface area contributed by atoms with E-state index >= 15 is 0 Å². The molecule has 8 nitrogen and oxygen atoms in total. The molecule has 8 heteroatoms. The van der Waals surface area contributed by atoms with Crippen molar-refractivity contribution in [2.75, 3.05) is 38.2 Å². The number of aliphatic hydroxyl groups is 1. The fourth-order valence-corrected chi connectivity index (χ4v) is 4.67. The quantitative estimate of drug-likeness (QED) is 0.684. The van der Waals surface area contributed by atoms with Gasteiger partial charge in [-0.3, -0.25) is 0 Å². The Balaban J connectivity index is 1.58. The molecule has 0 spiro atoms. The van der Waals surface area contributed by atoms with Crippen LogP contribution < -0.4 is 15.0 Å². The molecular formula is C22H28N6O2. The van der Waals surface area contributed by atoms with Gasteiger partial charge in [0, 0.05) is 24.5 Å². The maximum absolute atomic E-state index is 9.92. The highest BCUT2D eigenvalue weighted by Crippen LogP contribution is 2.32. The number of aryl methyl sites for hydroxylation is 1. The average molecular weight is 409 g/mol. The van der Waals surface area contributed by atoms with Gasteiger partial charge in [-0.05, 0) is 68.5 Å². The summed E-state index contributed by atoms with van der Waals surface area (Å²) in [7, 11) is 1.57. The first-order chi connectivity index (χ1) is 14.6. The van der Waals surface area contributed by atoms with Crippen LogP contribution in [0.4, 0.5) is 5.82 Å². The highest BCUT2D eigenvalue weighted by molar-refractivity contribution is 5.82. The van der Waals surface area contributed by atoms with Gasteiger partial charge < -0.3 is 20.1 Å². The molecule has 2 fully saturated rings. The minimum Gasteiger partial charge on any atom is -0.467 e. The van der Waals surface area contributed by atoms with Crippen LogP contribution >= 0.6 is 0 Å². The summed E-state index contributed by atoms with van der Waals surface area (Å²) in [6.07, 6.45) is 4.62. The zero-order valence-electron chi connectivity index (χ0n) is 17.5. The molecule has 0 saturated carbocycles. The summed E-state index contributed by atoms with van der Waals surface area (Å²) < 4.78 is 7.25. The van der Waals surface area contributed by atoms with E-state index in [9.17, 15) is 5.11 Å². The third-order valence-corrected chi connectivity index (χ3v) is 6.30. The molecule has 158 valence electrons. The topological polar surface area (TPSA) is 88.3 Å². The van der Waals surface area contributed by atoms with E-state index in [1.165, 1.54) is 11.1 Å². The van der Waals surface area contributed by atoms with Crippen molar-refractivity contribution in [2.45, 2.75) is 38.2 Å². The van der Waals surface area contributed by atoms with E-state index in [4.69, 9.17) is 4.74 Å². The Hall–Kier alpha value is -2.71. The van der Waals surface area contributed by atoms with Crippen LogP contribution in [0.1, 0.15) is 36.3 Å². The summed E-state index contributed by atoms with van der Waals surface area (Å²) in [6.45, 7) is 5.65. The van der Waals surface area contributed by atoms with Crippen molar-refractivity contribution in [3.8, 4) is 11.8 Å². The second-order valence-corrected chi connectivity index (χ2v) is 8.31. The lowest BCUT2D eigenvalue weighted by Crippen LogP contribution is -2.27. The second kappa shape index (κ2) is 7.85. The number of benzene rings is 1. The molecule has 0 bridgehead atoms. The summed E-state index contributed by atoms with van der Waals surface area (Å²) >= 11 is 0. The van der Waals surface area contributed by atoms with E-state index in [0.717, 1.165) is 55.6 Å². The number of hydrogen-bond donors (Lipinski definition) is 2. The molecule has 30 heavy (non-hydrogen) atoms. The number of piperidine rings is 1. The van der Waals surface area contributed by atoms with Gasteiger partial charge in [-0.1, -0.05) is 0 Å². The number of fused-ring (bicyclic) bond motifs is 1. The van der Waals surface area contributed by atoms with E-state index in [-0.39, 0.29) is 6.10 Å². The molecule has 2 saturated heterocycles. The number of hydrogen-bond acceptors (Lipinski definition) is 7. The minimum atomic E-state index is -0.324. The molecule has 0 amide bonds. The summed E-state index contributed by atoms with van der Waals surface area (Å²) in [5.74, 6) is 2.00. The third-order valence-electron chi connectivity index (χ3n) is 6.30. The van der Waals surface area contributed by atoms with Crippen molar-refractivity contribution < 1.29 is 9.84 Å². The monoisotopic (exact) mass is 408 g/mol. The van der Waals surface area contributed by atoms with Gasteiger partial charge in [-0.2, -0.15) is 15.1 Å². The number of nitrogens with zero attached hydrogens (tertiary/aromatic N) is 5. The lowest BCUT2D eigenvalue weighted by Gasteiger charge is -2.24. The van der Waals surface area contributed by atoms with E-state index in [1.807, 2.05) is 16.9 Å². The molecule has 0 aliphatic carbocycles. The molecule has 1 aromatic carbocycles. The number of rotatable bonds is 4. The summed E-state index contributed by atoms with van der Waals surface area (Å²) in [6, 6.07) is 6.74. The molecule has 2 aromatic heterocycles. The zero-order chi connectivity index (χ0) is 20.7. The van der Waals surface area contributed by atoms with Crippen LogP contribution in [0.2, 0.25) is 0 Å². The Morgan fingerprint density at radius 3 is 2.63 bits per heavy atom. The number of aromatic nitrogens is 4. The SMILES string of the molecule is COc1nc(N2CC[C@H](O)C2)cc(-n2ncc3cc(C)c(C4CCNCC4)cc32)n1. The largest absolute Gasteiger partial charge is 0.467 e. The van der Waals surface area contributed by atoms with Crippen molar-refractivity contribution >= 4 is 16.7 Å². The second-order valence-electron chi connectivity index (χ2n) is 8.31. The van der Waals surface area contributed by atoms with Crippen LogP contribution in [0.5, 0.6) is 6.01 Å². The average Bonchev–Trinajstić information content (AvgIpc) is 3.39. The summed E-state index contributed by atoms with van der Waals surface area (Å²) in [4.78, 5) is 11.1. The van der Waals surface area contributed by atoms with Crippen LogP contribution in [0, 0.1) is 6.92 Å². The summed E-state index contributed by atoms with van der Waals surface area (Å²) in [5.41, 5.74) is 3.76. The fraction of sp³-hybridized carbons (Fsp3) is 0.500. The van der Waals surface area contributed by atoms with Gasteiger partial charge in [0.25, 0.3) is 0 Å². The van der Waals surface area contributed by atoms with Gasteiger partial charge in [-0.15, -0.1) is 0 Å². The van der Waals surface area contributed by atoms with Crippen molar-refractivity contribution in [3.63, 3.8) is 0 Å². The van der Waals surface area contributed by atoms with Crippen molar-refractivity contribution in [2.24, 2.45) is 0 Å². The first kappa shape index (κ1) is 19.3. The fourth-order valence-electron chi connectivity index (χ4n) is 4.67. The maximum Gasteiger partial charge on any atom is 0.320 e. The van der Waals surface area contributed by atoms with Gasteiger partial charge in [0.15, 0.2) is 5.82 Å². The molecule has 2 aliphatic rings. The lowest BCUT2D eigenvalue weighted by atomic mass is 9.87. The van der Waals surface area contributed by atoms with E-state index in [0.29, 0.717) is 24.3 Å². The number of aliphatic hydroxyl groups excluding tert-OH is 1. The first-order valence-corrected chi connectivity index (χ1v) is 10.7. The van der Waals surface area contributed by atoms with Gasteiger partial charge in [0.05, 0.1) is 24.9 Å². The number of ether oxygens (including phenoxy) is 1. The van der Waals surface area contributed by atoms with E-state index < -0.39 is 0 Å². The maximum atomic E-state index is 9.92. The third kappa shape index (κ3) is 3.50. The molecule has 4 heterocycles. The van der Waals surface area contributed by atoms with E-state index in [2.05, 4.69) is 44.3 Å². The molecule has 0 radical (unpaired) electrons.